The van der Waals surface area contributed by atoms with Gasteiger partial charge in [-0.1, -0.05) is 6.07 Å². The van der Waals surface area contributed by atoms with Gasteiger partial charge in [-0.3, -0.25) is 0 Å². The molecule has 0 atom stereocenters. The Kier molecular flexibility index (Phi) is 4.24. The van der Waals surface area contributed by atoms with Gasteiger partial charge in [-0.05, 0) is 62.2 Å². The van der Waals surface area contributed by atoms with Gasteiger partial charge in [0.05, 0.1) is 9.47 Å². The molecule has 3 aromatic rings. The van der Waals surface area contributed by atoms with Crippen LogP contribution in [0.4, 0.5) is 5.69 Å². The number of halogens is 2. The van der Waals surface area contributed by atoms with Crippen LogP contribution in [0.25, 0.3) is 5.69 Å². The van der Waals surface area contributed by atoms with Gasteiger partial charge in [0.1, 0.15) is 0 Å². The lowest BCUT2D eigenvalue weighted by Gasteiger charge is -2.07. The summed E-state index contributed by atoms with van der Waals surface area (Å²) in [6.07, 6.45) is 3.72. The fourth-order valence-electron chi connectivity index (χ4n) is 1.85. The van der Waals surface area contributed by atoms with Gasteiger partial charge in [-0.2, -0.15) is 5.10 Å². The number of hydrogen-bond donors (Lipinski definition) is 1. The molecule has 0 radical (unpaired) electrons. The monoisotopic (exact) mass is 411 g/mol. The Balaban J connectivity index is 1.73. The van der Waals surface area contributed by atoms with Gasteiger partial charge >= 0.3 is 0 Å². The molecule has 0 saturated carbocycles. The molecule has 20 heavy (non-hydrogen) atoms. The number of nitrogens with zero attached hydrogens (tertiary/aromatic N) is 2. The quantitative estimate of drug-likeness (QED) is 0.648. The van der Waals surface area contributed by atoms with Crippen molar-refractivity contribution in [3.05, 3.63) is 61.9 Å². The summed E-state index contributed by atoms with van der Waals surface area (Å²) in [6.45, 7) is 0.803. The summed E-state index contributed by atoms with van der Waals surface area (Å²) in [5.74, 6) is 0. The maximum Gasteiger partial charge on any atom is 0.0843 e. The van der Waals surface area contributed by atoms with E-state index in [1.54, 1.807) is 17.5 Å². The third kappa shape index (κ3) is 3.13. The van der Waals surface area contributed by atoms with Crippen LogP contribution >= 0.6 is 43.2 Å². The number of rotatable bonds is 4. The lowest BCUT2D eigenvalue weighted by Crippen LogP contribution is -1.99. The Morgan fingerprint density at radius 1 is 1.20 bits per heavy atom. The highest BCUT2D eigenvalue weighted by Gasteiger charge is 2.04. The van der Waals surface area contributed by atoms with E-state index in [1.165, 1.54) is 4.88 Å². The average Bonchev–Trinajstić information content (AvgIpc) is 3.08. The minimum absolute atomic E-state index is 0.803. The normalized spacial score (nSPS) is 10.7. The molecule has 0 amide bonds. The van der Waals surface area contributed by atoms with E-state index in [0.717, 1.165) is 26.2 Å². The highest BCUT2D eigenvalue weighted by atomic mass is 79.9. The van der Waals surface area contributed by atoms with Crippen molar-refractivity contribution in [3.8, 4) is 5.69 Å². The maximum atomic E-state index is 4.24. The lowest BCUT2D eigenvalue weighted by molar-refractivity contribution is 0.880. The van der Waals surface area contributed by atoms with E-state index >= 15 is 0 Å². The second-order valence-corrected chi connectivity index (χ2v) is 7.50. The molecule has 6 heteroatoms. The highest BCUT2D eigenvalue weighted by molar-refractivity contribution is 9.13. The van der Waals surface area contributed by atoms with E-state index in [2.05, 4.69) is 60.5 Å². The standard InChI is InChI=1S/C14H11Br2N3S/c15-13-8-12(20-14(13)16)9-17-10-3-1-4-11(7-10)19-6-2-5-18-19/h1-8,17H,9H2. The SMILES string of the molecule is Brc1cc(CNc2cccc(-n3cccn3)c2)sc1Br. The van der Waals surface area contributed by atoms with Crippen molar-refractivity contribution in [2.24, 2.45) is 0 Å². The summed E-state index contributed by atoms with van der Waals surface area (Å²) in [5.41, 5.74) is 2.13. The van der Waals surface area contributed by atoms with Gasteiger partial charge in [-0.15, -0.1) is 11.3 Å². The first kappa shape index (κ1) is 13.9. The Morgan fingerprint density at radius 3 is 2.80 bits per heavy atom. The number of benzene rings is 1. The molecule has 0 aliphatic carbocycles. The number of nitrogens with one attached hydrogen (secondary N) is 1. The smallest absolute Gasteiger partial charge is 0.0843 e. The third-order valence-electron chi connectivity index (χ3n) is 2.78. The van der Waals surface area contributed by atoms with Crippen LogP contribution in [0.2, 0.25) is 0 Å². The summed E-state index contributed by atoms with van der Waals surface area (Å²) in [5, 5.41) is 7.67. The molecule has 0 aliphatic rings. The zero-order valence-electron chi connectivity index (χ0n) is 10.4. The predicted molar refractivity (Wildman–Crippen MR) is 90.6 cm³/mol. The fraction of sp³-hybridized carbons (Fsp3) is 0.0714. The summed E-state index contributed by atoms with van der Waals surface area (Å²) in [4.78, 5) is 1.27. The van der Waals surface area contributed by atoms with Gasteiger partial charge in [0.15, 0.2) is 0 Å². The van der Waals surface area contributed by atoms with Gasteiger partial charge < -0.3 is 5.32 Å². The van der Waals surface area contributed by atoms with Crippen molar-refractivity contribution >= 4 is 48.9 Å². The van der Waals surface area contributed by atoms with Crippen molar-refractivity contribution in [3.63, 3.8) is 0 Å². The van der Waals surface area contributed by atoms with Crippen molar-refractivity contribution in [2.45, 2.75) is 6.54 Å². The average molecular weight is 413 g/mol. The molecule has 1 aromatic carbocycles. The van der Waals surface area contributed by atoms with E-state index in [4.69, 9.17) is 0 Å². The Labute approximate surface area is 137 Å². The topological polar surface area (TPSA) is 29.9 Å². The van der Waals surface area contributed by atoms with Crippen LogP contribution in [0.15, 0.2) is 57.1 Å². The number of aromatic nitrogens is 2. The first-order valence-electron chi connectivity index (χ1n) is 6.00. The Morgan fingerprint density at radius 2 is 2.10 bits per heavy atom. The first-order chi connectivity index (χ1) is 9.72. The van der Waals surface area contributed by atoms with Gasteiger partial charge in [0, 0.05) is 34.0 Å². The molecule has 102 valence electrons. The molecular formula is C14H11Br2N3S. The van der Waals surface area contributed by atoms with Crippen molar-refractivity contribution < 1.29 is 0 Å². The van der Waals surface area contributed by atoms with E-state index in [9.17, 15) is 0 Å². The summed E-state index contributed by atoms with van der Waals surface area (Å²) in [6, 6.07) is 12.3. The predicted octanol–water partition coefficient (Wildman–Crippen LogP) is 5.07. The second kappa shape index (κ2) is 6.11. The molecule has 0 bridgehead atoms. The molecule has 0 spiro atoms. The zero-order valence-corrected chi connectivity index (χ0v) is 14.4. The van der Waals surface area contributed by atoms with E-state index in [0.29, 0.717) is 0 Å². The largest absolute Gasteiger partial charge is 0.380 e. The van der Waals surface area contributed by atoms with Crippen LogP contribution < -0.4 is 5.32 Å². The summed E-state index contributed by atoms with van der Waals surface area (Å²) < 4.78 is 4.08. The molecule has 2 heterocycles. The Hall–Kier alpha value is -1.11. The van der Waals surface area contributed by atoms with Gasteiger partial charge in [-0.25, -0.2) is 4.68 Å². The summed E-state index contributed by atoms with van der Waals surface area (Å²) in [7, 11) is 0. The summed E-state index contributed by atoms with van der Waals surface area (Å²) >= 11 is 8.74. The lowest BCUT2D eigenvalue weighted by atomic mass is 10.2. The van der Waals surface area contributed by atoms with Crippen LogP contribution in [0.5, 0.6) is 0 Å². The van der Waals surface area contributed by atoms with Crippen molar-refractivity contribution in [2.75, 3.05) is 5.32 Å². The molecular weight excluding hydrogens is 402 g/mol. The van der Waals surface area contributed by atoms with Crippen LogP contribution in [-0.2, 0) is 6.54 Å². The molecule has 2 aromatic heterocycles. The molecule has 1 N–H and O–H groups in total. The number of hydrogen-bond acceptors (Lipinski definition) is 3. The van der Waals surface area contributed by atoms with Crippen LogP contribution in [0.1, 0.15) is 4.88 Å². The first-order valence-corrected chi connectivity index (χ1v) is 8.40. The van der Waals surface area contributed by atoms with E-state index < -0.39 is 0 Å². The number of thiophene rings is 1. The zero-order chi connectivity index (χ0) is 13.9. The highest BCUT2D eigenvalue weighted by Crippen LogP contribution is 2.32. The fourth-order valence-corrected chi connectivity index (χ4v) is 3.96. The minimum Gasteiger partial charge on any atom is -0.380 e. The van der Waals surface area contributed by atoms with E-state index in [1.807, 2.05) is 29.1 Å². The third-order valence-corrected chi connectivity index (χ3v) is 6.03. The minimum atomic E-state index is 0.803. The molecule has 0 aliphatic heterocycles. The van der Waals surface area contributed by atoms with Crippen molar-refractivity contribution in [1.29, 1.82) is 0 Å². The maximum absolute atomic E-state index is 4.24. The van der Waals surface area contributed by atoms with Crippen LogP contribution in [-0.4, -0.2) is 9.78 Å². The van der Waals surface area contributed by atoms with E-state index in [-0.39, 0.29) is 0 Å². The molecule has 3 nitrogen and oxygen atoms in total. The van der Waals surface area contributed by atoms with Gasteiger partial charge in [0.2, 0.25) is 0 Å². The molecule has 0 unspecified atom stereocenters. The second-order valence-electron chi connectivity index (χ2n) is 4.19. The number of anilines is 1. The van der Waals surface area contributed by atoms with Crippen LogP contribution in [0.3, 0.4) is 0 Å². The Bertz CT molecular complexity index is 688. The molecule has 0 fully saturated rings. The van der Waals surface area contributed by atoms with Crippen molar-refractivity contribution in [1.82, 2.24) is 9.78 Å². The molecule has 3 rings (SSSR count). The molecule has 0 saturated heterocycles. The van der Waals surface area contributed by atoms with Gasteiger partial charge in [0.25, 0.3) is 0 Å². The van der Waals surface area contributed by atoms with Crippen LogP contribution in [0, 0.1) is 0 Å².